The lowest BCUT2D eigenvalue weighted by Gasteiger charge is -2.10. The monoisotopic (exact) mass is 441 g/mol. The zero-order valence-corrected chi connectivity index (χ0v) is 17.9. The first-order valence-electron chi connectivity index (χ1n) is 9.38. The highest BCUT2D eigenvalue weighted by Crippen LogP contribution is 2.24. The second kappa shape index (κ2) is 10.9. The Morgan fingerprint density at radius 1 is 1.26 bits per heavy atom. The number of thioether (sulfide) groups is 1. The molecular weight excluding hydrogens is 418 g/mol. The number of rotatable bonds is 10. The molecule has 0 bridgehead atoms. The van der Waals surface area contributed by atoms with Gasteiger partial charge in [-0.2, -0.15) is 5.10 Å². The first-order chi connectivity index (χ1) is 15.1. The molecule has 0 saturated carbocycles. The van der Waals surface area contributed by atoms with Gasteiger partial charge in [0.2, 0.25) is 11.1 Å². The third kappa shape index (κ3) is 6.12. The van der Waals surface area contributed by atoms with Crippen LogP contribution in [0.4, 0.5) is 11.6 Å². The average molecular weight is 442 g/mol. The molecule has 1 heterocycles. The fourth-order valence-electron chi connectivity index (χ4n) is 2.51. The molecule has 3 rings (SSSR count). The number of hydrazone groups is 1. The predicted octanol–water partition coefficient (Wildman–Crippen LogP) is 2.58. The standard InChI is InChI=1S/C20H23N7O3S/c1-3-30-17-10-5-4-9-16(17)23-18(28)13-31-20-26-25-19(27(20)21)24-22-12-14-7-6-8-15(11-14)29-2/h4-12H,3,13,21H2,1-2H3,(H,23,28)(H,24,25)/b22-12+. The number of carbonyl (C=O) groups is 1. The van der Waals surface area contributed by atoms with Gasteiger partial charge in [-0.1, -0.05) is 36.0 Å². The van der Waals surface area contributed by atoms with E-state index in [0.717, 1.165) is 23.1 Å². The van der Waals surface area contributed by atoms with Gasteiger partial charge in [-0.15, -0.1) is 10.2 Å². The first-order valence-corrected chi connectivity index (χ1v) is 10.4. The SMILES string of the molecule is CCOc1ccccc1NC(=O)CSc1nnc(N/N=C/c2cccc(OC)c2)n1N. The zero-order valence-electron chi connectivity index (χ0n) is 17.1. The van der Waals surface area contributed by atoms with Crippen LogP contribution in [-0.4, -0.2) is 46.5 Å². The first kappa shape index (κ1) is 22.0. The van der Waals surface area contributed by atoms with Crippen molar-refractivity contribution in [2.24, 2.45) is 5.10 Å². The summed E-state index contributed by atoms with van der Waals surface area (Å²) in [6, 6.07) is 14.7. The Labute approximate surface area is 183 Å². The minimum absolute atomic E-state index is 0.100. The Morgan fingerprint density at radius 2 is 2.10 bits per heavy atom. The summed E-state index contributed by atoms with van der Waals surface area (Å²) < 4.78 is 11.9. The number of nitrogens with zero attached hydrogens (tertiary/aromatic N) is 4. The molecule has 0 aliphatic heterocycles. The Balaban J connectivity index is 1.54. The topological polar surface area (TPSA) is 129 Å². The minimum Gasteiger partial charge on any atom is -0.497 e. The van der Waals surface area contributed by atoms with Gasteiger partial charge in [-0.05, 0) is 36.8 Å². The van der Waals surface area contributed by atoms with Crippen LogP contribution < -0.4 is 26.1 Å². The highest BCUT2D eigenvalue weighted by atomic mass is 32.2. The lowest BCUT2D eigenvalue weighted by Crippen LogP contribution is -2.17. The number of anilines is 2. The van der Waals surface area contributed by atoms with E-state index in [2.05, 4.69) is 26.0 Å². The second-order valence-electron chi connectivity index (χ2n) is 6.09. The van der Waals surface area contributed by atoms with Gasteiger partial charge in [-0.25, -0.2) is 10.1 Å². The number of aromatic nitrogens is 3. The molecule has 0 aliphatic carbocycles. The molecule has 3 aromatic rings. The van der Waals surface area contributed by atoms with E-state index in [1.165, 1.54) is 4.68 Å². The number of nitrogens with two attached hydrogens (primary N) is 1. The second-order valence-corrected chi connectivity index (χ2v) is 7.03. The Morgan fingerprint density at radius 3 is 2.90 bits per heavy atom. The highest BCUT2D eigenvalue weighted by molar-refractivity contribution is 7.99. The van der Waals surface area contributed by atoms with Gasteiger partial charge in [0.1, 0.15) is 11.5 Å². The summed E-state index contributed by atoms with van der Waals surface area (Å²) in [4.78, 5) is 12.3. The van der Waals surface area contributed by atoms with Gasteiger partial charge in [-0.3, -0.25) is 4.79 Å². The average Bonchev–Trinajstić information content (AvgIpc) is 3.13. The molecule has 0 fully saturated rings. The third-order valence-electron chi connectivity index (χ3n) is 3.93. The summed E-state index contributed by atoms with van der Waals surface area (Å²) in [7, 11) is 1.60. The highest BCUT2D eigenvalue weighted by Gasteiger charge is 2.13. The van der Waals surface area contributed by atoms with Gasteiger partial charge in [0.05, 0.1) is 31.4 Å². The number of ether oxygens (including phenoxy) is 2. The quantitative estimate of drug-likeness (QED) is 0.189. The molecule has 0 saturated heterocycles. The van der Waals surface area contributed by atoms with Crippen LogP contribution in [0.15, 0.2) is 58.8 Å². The van der Waals surface area contributed by atoms with Crippen LogP contribution >= 0.6 is 11.8 Å². The van der Waals surface area contributed by atoms with E-state index < -0.39 is 0 Å². The molecule has 0 aliphatic rings. The number of benzene rings is 2. The molecule has 1 amide bonds. The van der Waals surface area contributed by atoms with E-state index in [4.69, 9.17) is 15.3 Å². The molecule has 4 N–H and O–H groups in total. The van der Waals surface area contributed by atoms with Crippen LogP contribution in [0.1, 0.15) is 12.5 Å². The molecule has 1 aromatic heterocycles. The Kier molecular flexibility index (Phi) is 7.71. The molecule has 10 nitrogen and oxygen atoms in total. The van der Waals surface area contributed by atoms with E-state index in [0.29, 0.717) is 23.2 Å². The van der Waals surface area contributed by atoms with E-state index in [1.54, 1.807) is 25.5 Å². The number of hydrogen-bond acceptors (Lipinski definition) is 9. The van der Waals surface area contributed by atoms with Crippen molar-refractivity contribution in [3.05, 3.63) is 54.1 Å². The van der Waals surface area contributed by atoms with Crippen molar-refractivity contribution in [2.75, 3.05) is 36.1 Å². The summed E-state index contributed by atoms with van der Waals surface area (Å²) in [5.74, 6) is 7.46. The molecule has 0 atom stereocenters. The van der Waals surface area contributed by atoms with E-state index >= 15 is 0 Å². The number of methoxy groups -OCH3 is 1. The van der Waals surface area contributed by atoms with Crippen molar-refractivity contribution in [2.45, 2.75) is 12.1 Å². The summed E-state index contributed by atoms with van der Waals surface area (Å²) in [6.07, 6.45) is 1.60. The van der Waals surface area contributed by atoms with Crippen molar-refractivity contribution in [1.82, 2.24) is 14.9 Å². The third-order valence-corrected chi connectivity index (χ3v) is 4.87. The van der Waals surface area contributed by atoms with Gasteiger partial charge in [0, 0.05) is 0 Å². The number of hydrogen-bond donors (Lipinski definition) is 3. The summed E-state index contributed by atoms with van der Waals surface area (Å²) in [5, 5.41) is 15.2. The lowest BCUT2D eigenvalue weighted by atomic mass is 10.2. The molecule has 0 radical (unpaired) electrons. The maximum atomic E-state index is 12.3. The van der Waals surface area contributed by atoms with Gasteiger partial charge < -0.3 is 20.6 Å². The molecular formula is C20H23N7O3S. The molecule has 2 aromatic carbocycles. The normalized spacial score (nSPS) is 10.8. The summed E-state index contributed by atoms with van der Waals surface area (Å²) in [6.45, 7) is 2.39. The predicted molar refractivity (Wildman–Crippen MR) is 121 cm³/mol. The van der Waals surface area contributed by atoms with E-state index in [-0.39, 0.29) is 17.6 Å². The largest absolute Gasteiger partial charge is 0.497 e. The van der Waals surface area contributed by atoms with Crippen molar-refractivity contribution in [3.8, 4) is 11.5 Å². The number of nitrogen functional groups attached to an aromatic ring is 1. The van der Waals surface area contributed by atoms with E-state index in [9.17, 15) is 4.79 Å². The van der Waals surface area contributed by atoms with Gasteiger partial charge in [0.25, 0.3) is 5.95 Å². The van der Waals surface area contributed by atoms with E-state index in [1.807, 2.05) is 43.3 Å². The molecule has 162 valence electrons. The van der Waals surface area contributed by atoms with Gasteiger partial charge >= 0.3 is 0 Å². The van der Waals surface area contributed by atoms with Crippen LogP contribution in [0.5, 0.6) is 11.5 Å². The van der Waals surface area contributed by atoms with Crippen LogP contribution in [0.2, 0.25) is 0 Å². The van der Waals surface area contributed by atoms with Crippen molar-refractivity contribution in [1.29, 1.82) is 0 Å². The zero-order chi connectivity index (χ0) is 22.1. The summed E-state index contributed by atoms with van der Waals surface area (Å²) in [5.41, 5.74) is 4.18. The van der Waals surface area contributed by atoms with Crippen molar-refractivity contribution in [3.63, 3.8) is 0 Å². The molecule has 11 heteroatoms. The van der Waals surface area contributed by atoms with Gasteiger partial charge in [0.15, 0.2) is 0 Å². The van der Waals surface area contributed by atoms with Crippen LogP contribution in [0.3, 0.4) is 0 Å². The van der Waals surface area contributed by atoms with Crippen LogP contribution in [0.25, 0.3) is 0 Å². The molecule has 31 heavy (non-hydrogen) atoms. The number of amides is 1. The van der Waals surface area contributed by atoms with Crippen LogP contribution in [0, 0.1) is 0 Å². The van der Waals surface area contributed by atoms with Crippen molar-refractivity contribution >= 4 is 35.5 Å². The minimum atomic E-state index is -0.217. The maximum Gasteiger partial charge on any atom is 0.264 e. The number of nitrogens with one attached hydrogen (secondary N) is 2. The molecule has 0 spiro atoms. The molecule has 0 unspecified atom stereocenters. The smallest absolute Gasteiger partial charge is 0.264 e. The number of carbonyl (C=O) groups excluding carboxylic acids is 1. The fraction of sp³-hybridized carbons (Fsp3) is 0.200. The Hall–Kier alpha value is -3.73. The summed E-state index contributed by atoms with van der Waals surface area (Å²) >= 11 is 1.15. The van der Waals surface area contributed by atoms with Crippen LogP contribution in [-0.2, 0) is 4.79 Å². The fourth-order valence-corrected chi connectivity index (χ4v) is 3.16. The maximum absolute atomic E-state index is 12.3. The lowest BCUT2D eigenvalue weighted by molar-refractivity contribution is -0.113. The number of para-hydroxylation sites is 2. The Bertz CT molecular complexity index is 1050. The van der Waals surface area contributed by atoms with Crippen molar-refractivity contribution < 1.29 is 14.3 Å².